The van der Waals surface area contributed by atoms with Crippen molar-refractivity contribution in [3.05, 3.63) is 89.5 Å². The molecule has 0 radical (unpaired) electrons. The van der Waals surface area contributed by atoms with Crippen LogP contribution in [0.1, 0.15) is 23.6 Å². The van der Waals surface area contributed by atoms with Gasteiger partial charge in [-0.15, -0.1) is 0 Å². The van der Waals surface area contributed by atoms with E-state index in [4.69, 9.17) is 4.18 Å². The first-order valence-electron chi connectivity index (χ1n) is 8.65. The van der Waals surface area contributed by atoms with Gasteiger partial charge in [0.15, 0.2) is 0 Å². The van der Waals surface area contributed by atoms with Crippen LogP contribution < -0.4 is 0 Å². The third-order valence-corrected chi connectivity index (χ3v) is 7.59. The summed E-state index contributed by atoms with van der Waals surface area (Å²) in [4.78, 5) is 15.2. The molecule has 0 fully saturated rings. The van der Waals surface area contributed by atoms with Crippen LogP contribution in [0.25, 0.3) is 0 Å². The molecule has 134 valence electrons. The minimum absolute atomic E-state index is 0.276. The summed E-state index contributed by atoms with van der Waals surface area (Å²) in [6.45, 7) is 7.66. The third-order valence-electron chi connectivity index (χ3n) is 4.30. The molecule has 0 heterocycles. The third kappa shape index (κ3) is 3.54. The van der Waals surface area contributed by atoms with E-state index in [1.165, 1.54) is 23.6 Å². The van der Waals surface area contributed by atoms with Gasteiger partial charge in [0.05, 0.1) is 0 Å². The second-order valence-electron chi connectivity index (χ2n) is 6.57. The van der Waals surface area contributed by atoms with Gasteiger partial charge in [0.2, 0.25) is 0 Å². The number of rotatable bonds is 4. The molecule has 3 heteroatoms. The Morgan fingerprint density at radius 3 is 1.12 bits per heavy atom. The summed E-state index contributed by atoms with van der Waals surface area (Å²) < 4.78 is 6.16. The topological polar surface area (TPSA) is 26.3 Å². The zero-order valence-corrected chi connectivity index (χ0v) is 16.5. The van der Waals surface area contributed by atoms with Gasteiger partial charge < -0.3 is 4.18 Å². The standard InChI is InChI=1S/C23H24O2S/c1-17-5-11-21(12-6-17)26(25-20(4)24,22-13-7-18(2)8-14-22)23-15-9-19(3)10-16-23/h5-16H,1-4H3. The van der Waals surface area contributed by atoms with Crippen LogP contribution in [0.5, 0.6) is 0 Å². The van der Waals surface area contributed by atoms with Crippen molar-refractivity contribution in [1.29, 1.82) is 0 Å². The van der Waals surface area contributed by atoms with Gasteiger partial charge in [-0.2, -0.15) is 0 Å². The first-order valence-corrected chi connectivity index (χ1v) is 10.2. The molecule has 0 aliphatic heterocycles. The van der Waals surface area contributed by atoms with Gasteiger partial charge in [0.1, 0.15) is 0 Å². The molecule has 0 amide bonds. The molecule has 0 saturated heterocycles. The van der Waals surface area contributed by atoms with Crippen molar-refractivity contribution in [2.45, 2.75) is 42.4 Å². The fourth-order valence-electron chi connectivity index (χ4n) is 2.92. The van der Waals surface area contributed by atoms with E-state index in [1.54, 1.807) is 0 Å². The summed E-state index contributed by atoms with van der Waals surface area (Å²) in [6.07, 6.45) is 0. The van der Waals surface area contributed by atoms with E-state index in [2.05, 4.69) is 93.6 Å². The number of aryl methyl sites for hydroxylation is 3. The van der Waals surface area contributed by atoms with Crippen LogP contribution in [0.15, 0.2) is 87.5 Å². The summed E-state index contributed by atoms with van der Waals surface area (Å²) in [7, 11) is -2.13. The van der Waals surface area contributed by atoms with Crippen molar-refractivity contribution < 1.29 is 8.98 Å². The summed E-state index contributed by atoms with van der Waals surface area (Å²) in [5.41, 5.74) is 3.54. The van der Waals surface area contributed by atoms with Gasteiger partial charge >= 0.3 is 5.97 Å². The van der Waals surface area contributed by atoms with Crippen molar-refractivity contribution in [3.63, 3.8) is 0 Å². The molecule has 26 heavy (non-hydrogen) atoms. The zero-order valence-electron chi connectivity index (χ0n) is 15.7. The maximum atomic E-state index is 12.2. The van der Waals surface area contributed by atoms with Crippen LogP contribution in [0, 0.1) is 20.8 Å². The molecule has 0 aliphatic carbocycles. The highest BCUT2D eigenvalue weighted by molar-refractivity contribution is 8.30. The van der Waals surface area contributed by atoms with E-state index < -0.39 is 10.3 Å². The molecule has 3 rings (SSSR count). The van der Waals surface area contributed by atoms with E-state index in [-0.39, 0.29) is 5.97 Å². The van der Waals surface area contributed by atoms with Crippen molar-refractivity contribution in [1.82, 2.24) is 0 Å². The highest BCUT2D eigenvalue weighted by Crippen LogP contribution is 2.69. The van der Waals surface area contributed by atoms with Crippen LogP contribution in [-0.4, -0.2) is 5.97 Å². The molecule has 0 spiro atoms. The van der Waals surface area contributed by atoms with Crippen LogP contribution in [0.4, 0.5) is 0 Å². The Morgan fingerprint density at radius 2 is 0.885 bits per heavy atom. The van der Waals surface area contributed by atoms with Gasteiger partial charge in [0.25, 0.3) is 0 Å². The predicted molar refractivity (Wildman–Crippen MR) is 108 cm³/mol. The number of benzene rings is 3. The lowest BCUT2D eigenvalue weighted by Crippen LogP contribution is -2.11. The first-order chi connectivity index (χ1) is 12.4. The SMILES string of the molecule is CC(=O)OS(c1ccc(C)cc1)(c1ccc(C)cc1)c1ccc(C)cc1. The fraction of sp³-hybridized carbons (Fsp3) is 0.174. The fourth-order valence-corrected chi connectivity index (χ4v) is 5.93. The molecule has 0 aliphatic rings. The lowest BCUT2D eigenvalue weighted by molar-refractivity contribution is -0.131. The summed E-state index contributed by atoms with van der Waals surface area (Å²) >= 11 is 0. The molecule has 2 nitrogen and oxygen atoms in total. The smallest absolute Gasteiger partial charge is 0.313 e. The average Bonchev–Trinajstić information content (AvgIpc) is 2.62. The molecule has 3 aromatic carbocycles. The van der Waals surface area contributed by atoms with E-state index in [0.29, 0.717) is 0 Å². The maximum Gasteiger partial charge on any atom is 0.313 e. The minimum atomic E-state index is -2.13. The number of carbonyl (C=O) groups excluding carboxylic acids is 1. The van der Waals surface area contributed by atoms with Crippen molar-refractivity contribution >= 4 is 16.3 Å². The molecule has 0 N–H and O–H groups in total. The molecule has 0 atom stereocenters. The first kappa shape index (κ1) is 18.3. The molecular weight excluding hydrogens is 340 g/mol. The highest BCUT2D eigenvalue weighted by Gasteiger charge is 2.34. The molecular formula is C23H24O2S. The van der Waals surface area contributed by atoms with Gasteiger partial charge in [-0.3, -0.25) is 4.79 Å². The van der Waals surface area contributed by atoms with Gasteiger partial charge in [-0.1, -0.05) is 53.1 Å². The maximum absolute atomic E-state index is 12.2. The summed E-state index contributed by atoms with van der Waals surface area (Å²) in [5.74, 6) is -0.276. The Balaban J connectivity index is 2.33. The zero-order chi connectivity index (χ0) is 18.7. The largest absolute Gasteiger partial charge is 0.402 e. The van der Waals surface area contributed by atoms with Gasteiger partial charge in [-0.05, 0) is 67.5 Å². The van der Waals surface area contributed by atoms with Crippen LogP contribution in [-0.2, 0) is 8.98 Å². The van der Waals surface area contributed by atoms with Crippen LogP contribution in [0.2, 0.25) is 0 Å². The van der Waals surface area contributed by atoms with Crippen molar-refractivity contribution in [3.8, 4) is 0 Å². The van der Waals surface area contributed by atoms with Crippen LogP contribution >= 0.6 is 10.3 Å². The van der Waals surface area contributed by atoms with Gasteiger partial charge in [-0.25, -0.2) is 0 Å². The lowest BCUT2D eigenvalue weighted by atomic mass is 10.2. The summed E-state index contributed by atoms with van der Waals surface area (Å²) in [6, 6.07) is 24.9. The van der Waals surface area contributed by atoms with Crippen LogP contribution in [0.3, 0.4) is 0 Å². The van der Waals surface area contributed by atoms with Crippen molar-refractivity contribution in [2.75, 3.05) is 0 Å². The second kappa shape index (κ2) is 7.38. The Bertz CT molecular complexity index is 784. The molecule has 0 aromatic heterocycles. The van der Waals surface area contributed by atoms with E-state index >= 15 is 0 Å². The average molecular weight is 365 g/mol. The highest BCUT2D eigenvalue weighted by atomic mass is 32.3. The Kier molecular flexibility index (Phi) is 5.19. The molecule has 0 bridgehead atoms. The monoisotopic (exact) mass is 364 g/mol. The lowest BCUT2D eigenvalue weighted by Gasteiger charge is -2.39. The molecule has 3 aromatic rings. The van der Waals surface area contributed by atoms with Crippen molar-refractivity contribution in [2.24, 2.45) is 0 Å². The summed E-state index contributed by atoms with van der Waals surface area (Å²) in [5, 5.41) is 0. The van der Waals surface area contributed by atoms with E-state index in [1.807, 2.05) is 0 Å². The number of carbonyl (C=O) groups is 1. The van der Waals surface area contributed by atoms with Gasteiger partial charge in [0, 0.05) is 21.6 Å². The molecule has 0 saturated carbocycles. The van der Waals surface area contributed by atoms with E-state index in [9.17, 15) is 4.79 Å². The predicted octanol–water partition coefficient (Wildman–Crippen LogP) is 6.37. The number of hydrogen-bond acceptors (Lipinski definition) is 2. The Morgan fingerprint density at radius 1 is 0.615 bits per heavy atom. The normalized spacial score (nSPS) is 11.8. The quantitative estimate of drug-likeness (QED) is 0.537. The van der Waals surface area contributed by atoms with E-state index in [0.717, 1.165) is 14.7 Å². The second-order valence-corrected chi connectivity index (χ2v) is 9.26. The number of hydrogen-bond donors (Lipinski definition) is 0. The Hall–Kier alpha value is -2.52. The Labute approximate surface area is 157 Å². The molecule has 0 unspecified atom stereocenters. The minimum Gasteiger partial charge on any atom is -0.402 e.